The van der Waals surface area contributed by atoms with Gasteiger partial charge in [-0.15, -0.1) is 0 Å². The molecule has 6 heteroatoms. The van der Waals surface area contributed by atoms with E-state index in [-0.39, 0.29) is 30.1 Å². The molecular weight excluding hydrogens is 213 g/mol. The Hall–Kier alpha value is -0.410. The lowest BCUT2D eigenvalue weighted by Gasteiger charge is -2.13. The molecule has 2 nitrogen and oxygen atoms in total. The molecule has 82 valence electrons. The first-order chi connectivity index (χ1) is 6.49. The Balaban J connectivity index is 3.48. The minimum Gasteiger partial charge on any atom is -0.312 e. The SMILES string of the molecule is CCC(CC#N)NCCSC(F)(F)F. The van der Waals surface area contributed by atoms with Crippen molar-refractivity contribution in [3.05, 3.63) is 0 Å². The van der Waals surface area contributed by atoms with Crippen LogP contribution >= 0.6 is 11.8 Å². The van der Waals surface area contributed by atoms with Gasteiger partial charge in [0.2, 0.25) is 0 Å². The van der Waals surface area contributed by atoms with Crippen molar-refractivity contribution in [2.75, 3.05) is 12.3 Å². The fourth-order valence-electron chi connectivity index (χ4n) is 0.901. The van der Waals surface area contributed by atoms with Crippen molar-refractivity contribution in [3.63, 3.8) is 0 Å². The first-order valence-corrected chi connectivity index (χ1v) is 5.29. The molecule has 0 amide bonds. The molecular formula is C8H13F3N2S. The van der Waals surface area contributed by atoms with Gasteiger partial charge in [0, 0.05) is 18.3 Å². The van der Waals surface area contributed by atoms with Crippen LogP contribution in [-0.4, -0.2) is 23.8 Å². The van der Waals surface area contributed by atoms with Crippen LogP contribution in [0.1, 0.15) is 19.8 Å². The first-order valence-electron chi connectivity index (χ1n) is 4.30. The largest absolute Gasteiger partial charge is 0.441 e. The number of alkyl halides is 3. The Morgan fingerprint density at radius 3 is 2.57 bits per heavy atom. The lowest BCUT2D eigenvalue weighted by Crippen LogP contribution is -2.30. The lowest BCUT2D eigenvalue weighted by atomic mass is 10.2. The van der Waals surface area contributed by atoms with E-state index in [1.807, 2.05) is 13.0 Å². The van der Waals surface area contributed by atoms with Crippen LogP contribution in [0.5, 0.6) is 0 Å². The van der Waals surface area contributed by atoms with Gasteiger partial charge in [-0.3, -0.25) is 0 Å². The molecule has 0 rings (SSSR count). The summed E-state index contributed by atoms with van der Waals surface area (Å²) in [6, 6.07) is 1.99. The topological polar surface area (TPSA) is 35.8 Å². The van der Waals surface area contributed by atoms with Gasteiger partial charge in [0.1, 0.15) is 0 Å². The molecule has 1 atom stereocenters. The summed E-state index contributed by atoms with van der Waals surface area (Å²) in [6.07, 6.45) is 1.09. The summed E-state index contributed by atoms with van der Waals surface area (Å²) in [7, 11) is 0. The fraction of sp³-hybridized carbons (Fsp3) is 0.875. The van der Waals surface area contributed by atoms with Crippen LogP contribution < -0.4 is 5.32 Å². The summed E-state index contributed by atoms with van der Waals surface area (Å²) in [4.78, 5) is 0. The second-order valence-corrected chi connectivity index (χ2v) is 3.88. The smallest absolute Gasteiger partial charge is 0.312 e. The van der Waals surface area contributed by atoms with Crippen molar-refractivity contribution in [1.29, 1.82) is 5.26 Å². The number of nitrogens with zero attached hydrogens (tertiary/aromatic N) is 1. The summed E-state index contributed by atoms with van der Waals surface area (Å²) in [5, 5.41) is 11.3. The van der Waals surface area contributed by atoms with Crippen molar-refractivity contribution >= 4 is 11.8 Å². The number of nitrogens with one attached hydrogen (secondary N) is 1. The number of thioether (sulfide) groups is 1. The molecule has 0 heterocycles. The molecule has 0 radical (unpaired) electrons. The number of halogens is 3. The van der Waals surface area contributed by atoms with Crippen LogP contribution in [0.15, 0.2) is 0 Å². The summed E-state index contributed by atoms with van der Waals surface area (Å²) in [5.74, 6) is -0.00850. The van der Waals surface area contributed by atoms with Gasteiger partial charge >= 0.3 is 5.51 Å². The standard InChI is InChI=1S/C8H13F3N2S/c1-2-7(3-4-12)13-5-6-14-8(9,10)11/h7,13H,2-3,5-6H2,1H3. The number of nitriles is 1. The molecule has 1 unspecified atom stereocenters. The molecule has 0 saturated carbocycles. The Bertz CT molecular complexity index is 188. The molecule has 0 fully saturated rings. The van der Waals surface area contributed by atoms with E-state index in [1.54, 1.807) is 0 Å². The first kappa shape index (κ1) is 13.6. The maximum atomic E-state index is 11.7. The highest BCUT2D eigenvalue weighted by Crippen LogP contribution is 2.29. The normalized spacial score (nSPS) is 13.6. The van der Waals surface area contributed by atoms with E-state index in [4.69, 9.17) is 5.26 Å². The van der Waals surface area contributed by atoms with E-state index in [1.165, 1.54) is 0 Å². The van der Waals surface area contributed by atoms with E-state index in [2.05, 4.69) is 5.32 Å². The van der Waals surface area contributed by atoms with Gasteiger partial charge < -0.3 is 5.32 Å². The molecule has 0 aromatic carbocycles. The summed E-state index contributed by atoms with van der Waals surface area (Å²) >= 11 is -0.0413. The highest BCUT2D eigenvalue weighted by Gasteiger charge is 2.27. The van der Waals surface area contributed by atoms with E-state index in [0.717, 1.165) is 6.42 Å². The molecule has 0 saturated heterocycles. The van der Waals surface area contributed by atoms with Crippen molar-refractivity contribution in [2.45, 2.75) is 31.3 Å². The van der Waals surface area contributed by atoms with Crippen molar-refractivity contribution in [3.8, 4) is 6.07 Å². The molecule has 14 heavy (non-hydrogen) atoms. The van der Waals surface area contributed by atoms with Crippen molar-refractivity contribution < 1.29 is 13.2 Å². The van der Waals surface area contributed by atoms with Crippen LogP contribution in [-0.2, 0) is 0 Å². The van der Waals surface area contributed by atoms with E-state index in [0.29, 0.717) is 6.42 Å². The molecule has 1 N–H and O–H groups in total. The number of rotatable bonds is 6. The summed E-state index contributed by atoms with van der Waals surface area (Å²) < 4.78 is 35.1. The Morgan fingerprint density at radius 1 is 1.50 bits per heavy atom. The number of hydrogen-bond donors (Lipinski definition) is 1. The third-order valence-corrected chi connectivity index (χ3v) is 2.37. The van der Waals surface area contributed by atoms with Crippen LogP contribution in [0.25, 0.3) is 0 Å². The van der Waals surface area contributed by atoms with E-state index in [9.17, 15) is 13.2 Å². The lowest BCUT2D eigenvalue weighted by molar-refractivity contribution is -0.0327. The Labute approximate surface area is 85.9 Å². The summed E-state index contributed by atoms with van der Waals surface area (Å²) in [6.45, 7) is 2.18. The van der Waals surface area contributed by atoms with E-state index < -0.39 is 5.51 Å². The van der Waals surface area contributed by atoms with Crippen molar-refractivity contribution in [1.82, 2.24) is 5.32 Å². The fourth-order valence-corrected chi connectivity index (χ4v) is 1.35. The predicted molar refractivity (Wildman–Crippen MR) is 50.8 cm³/mol. The maximum Gasteiger partial charge on any atom is 0.441 e. The monoisotopic (exact) mass is 226 g/mol. The molecule has 0 aliphatic heterocycles. The van der Waals surface area contributed by atoms with Gasteiger partial charge in [-0.05, 0) is 18.2 Å². The van der Waals surface area contributed by atoms with Crippen molar-refractivity contribution in [2.24, 2.45) is 0 Å². The minimum absolute atomic E-state index is 0.00818. The second-order valence-electron chi connectivity index (χ2n) is 2.72. The van der Waals surface area contributed by atoms with Gasteiger partial charge in [0.25, 0.3) is 0 Å². The zero-order valence-corrected chi connectivity index (χ0v) is 8.71. The molecule has 0 aliphatic carbocycles. The van der Waals surface area contributed by atoms with Gasteiger partial charge in [-0.1, -0.05) is 6.92 Å². The molecule has 0 bridgehead atoms. The Kier molecular flexibility index (Phi) is 6.75. The van der Waals surface area contributed by atoms with Gasteiger partial charge in [0.05, 0.1) is 12.5 Å². The summed E-state index contributed by atoms with van der Waals surface area (Å²) in [5.41, 5.74) is -4.15. The highest BCUT2D eigenvalue weighted by atomic mass is 32.2. The highest BCUT2D eigenvalue weighted by molar-refractivity contribution is 8.00. The molecule has 0 aromatic heterocycles. The minimum atomic E-state index is -4.15. The van der Waals surface area contributed by atoms with Crippen LogP contribution in [0.3, 0.4) is 0 Å². The average molecular weight is 226 g/mol. The third-order valence-electron chi connectivity index (χ3n) is 1.63. The zero-order valence-electron chi connectivity index (χ0n) is 7.90. The quantitative estimate of drug-likeness (QED) is 0.707. The zero-order chi connectivity index (χ0) is 11.0. The van der Waals surface area contributed by atoms with Gasteiger partial charge in [-0.2, -0.15) is 18.4 Å². The maximum absolute atomic E-state index is 11.7. The average Bonchev–Trinajstić information content (AvgIpc) is 2.08. The second kappa shape index (κ2) is 6.96. The predicted octanol–water partition coefficient (Wildman–Crippen LogP) is 2.52. The van der Waals surface area contributed by atoms with E-state index >= 15 is 0 Å². The molecule has 0 aromatic rings. The molecule has 0 aliphatic rings. The van der Waals surface area contributed by atoms with Crippen LogP contribution in [0.4, 0.5) is 13.2 Å². The number of hydrogen-bond acceptors (Lipinski definition) is 3. The van der Waals surface area contributed by atoms with Gasteiger partial charge in [-0.25, -0.2) is 0 Å². The molecule has 0 spiro atoms. The Morgan fingerprint density at radius 2 is 2.14 bits per heavy atom. The van der Waals surface area contributed by atoms with Gasteiger partial charge in [0.15, 0.2) is 0 Å². The third kappa shape index (κ3) is 8.20. The van der Waals surface area contributed by atoms with Crippen LogP contribution in [0, 0.1) is 11.3 Å². The van der Waals surface area contributed by atoms with Crippen LogP contribution in [0.2, 0.25) is 0 Å².